The molecule has 4 heterocycles. The molecule has 0 radical (unpaired) electrons. The third-order valence-corrected chi connectivity index (χ3v) is 5.45. The van der Waals surface area contributed by atoms with E-state index in [9.17, 15) is 4.79 Å². The van der Waals surface area contributed by atoms with E-state index in [2.05, 4.69) is 21.8 Å². The highest BCUT2D eigenvalue weighted by molar-refractivity contribution is 5.94. The van der Waals surface area contributed by atoms with Crippen molar-refractivity contribution in [2.24, 2.45) is 0 Å². The summed E-state index contributed by atoms with van der Waals surface area (Å²) in [6.45, 7) is 4.43. The van der Waals surface area contributed by atoms with E-state index in [0.29, 0.717) is 37.6 Å². The van der Waals surface area contributed by atoms with E-state index in [0.717, 1.165) is 28.0 Å². The van der Waals surface area contributed by atoms with Gasteiger partial charge < -0.3 is 9.64 Å². The van der Waals surface area contributed by atoms with Crippen molar-refractivity contribution in [3.8, 4) is 23.1 Å². The summed E-state index contributed by atoms with van der Waals surface area (Å²) in [6, 6.07) is 13.3. The lowest BCUT2D eigenvalue weighted by molar-refractivity contribution is 0.0303. The molecule has 0 saturated carbocycles. The molecule has 0 bridgehead atoms. The Bertz CT molecular complexity index is 1340. The third-order valence-electron chi connectivity index (χ3n) is 5.45. The van der Waals surface area contributed by atoms with Crippen molar-refractivity contribution < 1.29 is 9.53 Å². The summed E-state index contributed by atoms with van der Waals surface area (Å²) in [7, 11) is 0. The first-order chi connectivity index (χ1) is 15.7. The van der Waals surface area contributed by atoms with E-state index >= 15 is 0 Å². The summed E-state index contributed by atoms with van der Waals surface area (Å²) in [5.74, 6) is 6.33. The van der Waals surface area contributed by atoms with E-state index in [1.54, 1.807) is 23.1 Å². The molecule has 5 rings (SSSR count). The molecule has 1 aromatic carbocycles. The molecule has 32 heavy (non-hydrogen) atoms. The Balaban J connectivity index is 1.42. The van der Waals surface area contributed by atoms with Crippen molar-refractivity contribution in [2.75, 3.05) is 26.3 Å². The van der Waals surface area contributed by atoms with Crippen LogP contribution in [0.5, 0.6) is 0 Å². The standard InChI is InChI=1S/C25H21N5O2/c1-18-10-11-26-16-21(18)6-7-22-17-27-24-9-8-23(28-30(22)24)19-2-4-20(5-3-19)25(31)29-12-14-32-15-13-29/h2-5,8-11,16-17H,12-15H2,1H3. The predicted octanol–water partition coefficient (Wildman–Crippen LogP) is 2.97. The Hall–Kier alpha value is -4.02. The van der Waals surface area contributed by atoms with Crippen molar-refractivity contribution in [3.05, 3.63) is 83.4 Å². The number of hydrogen-bond acceptors (Lipinski definition) is 5. The number of rotatable bonds is 2. The fourth-order valence-electron chi connectivity index (χ4n) is 3.57. The van der Waals surface area contributed by atoms with Crippen molar-refractivity contribution in [2.45, 2.75) is 6.92 Å². The second-order valence-electron chi connectivity index (χ2n) is 7.55. The van der Waals surface area contributed by atoms with Gasteiger partial charge in [-0.1, -0.05) is 18.1 Å². The third kappa shape index (κ3) is 3.96. The molecule has 1 fully saturated rings. The van der Waals surface area contributed by atoms with Gasteiger partial charge in [-0.25, -0.2) is 9.50 Å². The Labute approximate surface area is 185 Å². The van der Waals surface area contributed by atoms with Gasteiger partial charge in [-0.05, 0) is 48.7 Å². The average Bonchev–Trinajstić information content (AvgIpc) is 3.26. The van der Waals surface area contributed by atoms with Crippen LogP contribution in [0.3, 0.4) is 0 Å². The molecule has 0 atom stereocenters. The van der Waals surface area contributed by atoms with Crippen LogP contribution in [0.4, 0.5) is 0 Å². The zero-order chi connectivity index (χ0) is 21.9. The van der Waals surface area contributed by atoms with E-state index in [1.807, 2.05) is 54.3 Å². The average molecular weight is 423 g/mol. The largest absolute Gasteiger partial charge is 0.378 e. The first-order valence-corrected chi connectivity index (χ1v) is 10.4. The lowest BCUT2D eigenvalue weighted by Crippen LogP contribution is -2.40. The Kier molecular flexibility index (Phi) is 5.36. The predicted molar refractivity (Wildman–Crippen MR) is 120 cm³/mol. The molecular formula is C25H21N5O2. The molecule has 1 aliphatic rings. The lowest BCUT2D eigenvalue weighted by atomic mass is 10.1. The van der Waals surface area contributed by atoms with Crippen LogP contribution in [0.25, 0.3) is 16.9 Å². The zero-order valence-electron chi connectivity index (χ0n) is 17.7. The van der Waals surface area contributed by atoms with Gasteiger partial charge in [0.1, 0.15) is 5.69 Å². The van der Waals surface area contributed by atoms with Crippen molar-refractivity contribution in [1.29, 1.82) is 0 Å². The number of morpholine rings is 1. The van der Waals surface area contributed by atoms with E-state index in [1.165, 1.54) is 0 Å². The molecule has 1 aliphatic heterocycles. The van der Waals surface area contributed by atoms with E-state index in [-0.39, 0.29) is 5.91 Å². The fraction of sp³-hybridized carbons (Fsp3) is 0.200. The smallest absolute Gasteiger partial charge is 0.254 e. The van der Waals surface area contributed by atoms with Crippen LogP contribution in [0.1, 0.15) is 27.2 Å². The summed E-state index contributed by atoms with van der Waals surface area (Å²) in [6.07, 6.45) is 5.22. The highest BCUT2D eigenvalue weighted by Gasteiger charge is 2.18. The molecule has 7 nitrogen and oxygen atoms in total. The van der Waals surface area contributed by atoms with Crippen LogP contribution in [0, 0.1) is 18.8 Å². The number of carbonyl (C=O) groups excluding carboxylic acids is 1. The van der Waals surface area contributed by atoms with Gasteiger partial charge in [0.25, 0.3) is 5.91 Å². The zero-order valence-corrected chi connectivity index (χ0v) is 17.7. The Morgan fingerprint density at radius 3 is 2.59 bits per heavy atom. The second kappa shape index (κ2) is 8.61. The van der Waals surface area contributed by atoms with Crippen LogP contribution in [-0.2, 0) is 4.74 Å². The van der Waals surface area contributed by atoms with Gasteiger partial charge in [0.05, 0.1) is 25.1 Å². The van der Waals surface area contributed by atoms with Gasteiger partial charge in [0.15, 0.2) is 5.65 Å². The minimum absolute atomic E-state index is 0.0288. The van der Waals surface area contributed by atoms with Crippen LogP contribution in [-0.4, -0.2) is 56.7 Å². The summed E-state index contributed by atoms with van der Waals surface area (Å²) in [4.78, 5) is 23.0. The number of carbonyl (C=O) groups is 1. The molecule has 158 valence electrons. The Morgan fingerprint density at radius 2 is 1.81 bits per heavy atom. The monoisotopic (exact) mass is 423 g/mol. The van der Waals surface area contributed by atoms with E-state index < -0.39 is 0 Å². The highest BCUT2D eigenvalue weighted by Crippen LogP contribution is 2.19. The minimum Gasteiger partial charge on any atom is -0.378 e. The SMILES string of the molecule is Cc1ccncc1C#Cc1cnc2ccc(-c3ccc(C(=O)N4CCOCC4)cc3)nn12. The summed E-state index contributed by atoms with van der Waals surface area (Å²) >= 11 is 0. The number of hydrogen-bond donors (Lipinski definition) is 0. The topological polar surface area (TPSA) is 72.6 Å². The van der Waals surface area contributed by atoms with Gasteiger partial charge in [0.2, 0.25) is 0 Å². The first-order valence-electron chi connectivity index (χ1n) is 10.4. The number of imidazole rings is 1. The molecule has 3 aromatic heterocycles. The minimum atomic E-state index is 0.0288. The van der Waals surface area contributed by atoms with Gasteiger partial charge in [-0.15, -0.1) is 0 Å². The Morgan fingerprint density at radius 1 is 1.00 bits per heavy atom. The number of nitrogens with zero attached hydrogens (tertiary/aromatic N) is 5. The summed E-state index contributed by atoms with van der Waals surface area (Å²) < 4.78 is 7.06. The van der Waals surface area contributed by atoms with Crippen molar-refractivity contribution in [3.63, 3.8) is 0 Å². The van der Waals surface area contributed by atoms with Crippen molar-refractivity contribution >= 4 is 11.6 Å². The van der Waals surface area contributed by atoms with E-state index in [4.69, 9.17) is 9.84 Å². The maximum Gasteiger partial charge on any atom is 0.254 e. The molecule has 0 unspecified atom stereocenters. The first kappa shape index (κ1) is 19.9. The molecule has 7 heteroatoms. The normalized spacial score (nSPS) is 13.6. The molecule has 4 aromatic rings. The van der Waals surface area contributed by atoms with Crippen LogP contribution in [0.15, 0.2) is 61.1 Å². The second-order valence-corrected chi connectivity index (χ2v) is 7.55. The quantitative estimate of drug-likeness (QED) is 0.464. The summed E-state index contributed by atoms with van der Waals surface area (Å²) in [5, 5.41) is 4.73. The number of amides is 1. The lowest BCUT2D eigenvalue weighted by Gasteiger charge is -2.26. The number of benzene rings is 1. The number of fused-ring (bicyclic) bond motifs is 1. The van der Waals surface area contributed by atoms with Crippen LogP contribution < -0.4 is 0 Å². The van der Waals surface area contributed by atoms with Crippen LogP contribution in [0.2, 0.25) is 0 Å². The number of aromatic nitrogens is 4. The van der Waals surface area contributed by atoms with Gasteiger partial charge in [-0.2, -0.15) is 5.10 Å². The van der Waals surface area contributed by atoms with Gasteiger partial charge >= 0.3 is 0 Å². The van der Waals surface area contributed by atoms with Crippen molar-refractivity contribution in [1.82, 2.24) is 24.5 Å². The molecule has 0 aliphatic carbocycles. The number of pyridine rings is 1. The number of ether oxygens (including phenoxy) is 1. The highest BCUT2D eigenvalue weighted by atomic mass is 16.5. The van der Waals surface area contributed by atoms with Gasteiger partial charge in [0, 0.05) is 42.2 Å². The van der Waals surface area contributed by atoms with Gasteiger partial charge in [-0.3, -0.25) is 9.78 Å². The fourth-order valence-corrected chi connectivity index (χ4v) is 3.57. The number of aryl methyl sites for hydroxylation is 1. The summed E-state index contributed by atoms with van der Waals surface area (Å²) in [5.41, 5.74) is 5.73. The maximum atomic E-state index is 12.7. The van der Waals surface area contributed by atoms with Crippen LogP contribution >= 0.6 is 0 Å². The molecule has 1 amide bonds. The maximum absolute atomic E-state index is 12.7. The molecular weight excluding hydrogens is 402 g/mol. The molecule has 0 N–H and O–H groups in total. The molecule has 1 saturated heterocycles. The molecule has 0 spiro atoms.